The smallest absolute Gasteiger partial charge is 0.247 e. The Morgan fingerprint density at radius 2 is 0.922 bits per heavy atom. The quantitative estimate of drug-likeness (QED) is 0.106. The second kappa shape index (κ2) is 23.7. The number of anilines is 5. The minimum Gasteiger partial charge on any atom is -0.336 e. The molecule has 0 spiro atoms. The van der Waals surface area contributed by atoms with Crippen molar-refractivity contribution in [2.24, 2.45) is 10.8 Å². The highest BCUT2D eigenvalue weighted by atomic mass is 15.2. The van der Waals surface area contributed by atoms with Crippen LogP contribution in [0, 0.1) is 10.8 Å². The number of hydrogen-bond acceptors (Lipinski definition) is 2. The number of allylic oxidation sites excluding steroid dienone is 1. The molecule has 0 saturated heterocycles. The molecule has 9 aromatic carbocycles. The van der Waals surface area contributed by atoms with Gasteiger partial charge in [-0.1, -0.05) is 279 Å². The first-order valence-electron chi connectivity index (χ1n) is 38.6. The zero-order chi connectivity index (χ0) is 73.7. The lowest BCUT2D eigenvalue weighted by Gasteiger charge is -2.40. The molecule has 11 aromatic rings. The van der Waals surface area contributed by atoms with Crippen LogP contribution in [-0.2, 0) is 51.8 Å². The Bertz CT molecular complexity index is 5240. The highest BCUT2D eigenvalue weighted by Crippen LogP contribution is 2.53. The molecular weight excluding hydrogens is 1240 g/mol. The maximum absolute atomic E-state index is 4.56. The number of fused-ring (bicyclic) bond motifs is 11. The first kappa shape index (κ1) is 70.1. The summed E-state index contributed by atoms with van der Waals surface area (Å²) in [5.74, 6) is 0.226. The molecule has 4 heterocycles. The van der Waals surface area contributed by atoms with Crippen LogP contribution in [0.2, 0.25) is 0 Å². The van der Waals surface area contributed by atoms with E-state index in [0.29, 0.717) is 0 Å². The second-order valence-corrected chi connectivity index (χ2v) is 39.3. The van der Waals surface area contributed by atoms with Crippen molar-refractivity contribution in [3.05, 3.63) is 243 Å². The summed E-state index contributed by atoms with van der Waals surface area (Å²) in [6.45, 7) is 61.6. The van der Waals surface area contributed by atoms with E-state index < -0.39 is 0 Å². The molecule has 2 aliphatic heterocycles. The van der Waals surface area contributed by atoms with E-state index >= 15 is 0 Å². The highest BCUT2D eigenvalue weighted by molar-refractivity contribution is 6.98. The molecule has 528 valence electrons. The Labute approximate surface area is 618 Å². The normalized spacial score (nSPS) is 15.7. The molecule has 0 amide bonds. The first-order chi connectivity index (χ1) is 48.1. The fourth-order valence-electron chi connectivity index (χ4n) is 17.8. The van der Waals surface area contributed by atoms with Crippen molar-refractivity contribution in [2.45, 2.75) is 236 Å². The molecule has 5 heteroatoms. The third-order valence-electron chi connectivity index (χ3n) is 24.6. The number of aromatic nitrogens is 2. The molecule has 2 aliphatic carbocycles. The summed E-state index contributed by atoms with van der Waals surface area (Å²) in [6.07, 6.45) is 8.67. The van der Waals surface area contributed by atoms with Crippen molar-refractivity contribution in [2.75, 3.05) is 9.80 Å². The van der Waals surface area contributed by atoms with Crippen molar-refractivity contribution in [3.63, 3.8) is 0 Å². The minimum atomic E-state index is -0.306. The third-order valence-corrected chi connectivity index (χ3v) is 24.6. The van der Waals surface area contributed by atoms with Gasteiger partial charge in [0.25, 0.3) is 0 Å². The van der Waals surface area contributed by atoms with Gasteiger partial charge in [0.2, 0.25) is 6.71 Å². The number of para-hydroxylation sites is 2. The lowest BCUT2D eigenvalue weighted by atomic mass is 9.34. The minimum absolute atomic E-state index is 0.00858. The molecule has 2 unspecified atom stereocenters. The van der Waals surface area contributed by atoms with Gasteiger partial charge in [-0.05, 0) is 215 Å². The Kier molecular flexibility index (Phi) is 16.2. The number of hydrogen-bond donors (Lipinski definition) is 0. The zero-order valence-electron chi connectivity index (χ0n) is 66.8. The average molecular weight is 1360 g/mol. The van der Waals surface area contributed by atoms with Gasteiger partial charge in [0.05, 0.1) is 22.4 Å². The summed E-state index contributed by atoms with van der Waals surface area (Å²) < 4.78 is 5.60. The monoisotopic (exact) mass is 1360 g/mol. The van der Waals surface area contributed by atoms with Gasteiger partial charge in [-0.25, -0.2) is 0 Å². The first-order valence-corrected chi connectivity index (χ1v) is 38.6. The molecule has 0 saturated carbocycles. The van der Waals surface area contributed by atoms with E-state index in [1.165, 1.54) is 133 Å². The maximum Gasteiger partial charge on any atom is 0.247 e. The average Bonchev–Trinajstić information content (AvgIpc) is 1.56. The van der Waals surface area contributed by atoms with Crippen LogP contribution < -0.4 is 26.2 Å². The molecule has 15 rings (SSSR count). The van der Waals surface area contributed by atoms with E-state index in [2.05, 4.69) is 368 Å². The molecule has 2 aromatic heterocycles. The number of benzene rings is 9. The molecular formula is C98H113BN4. The van der Waals surface area contributed by atoms with Gasteiger partial charge in [0, 0.05) is 72.8 Å². The summed E-state index contributed by atoms with van der Waals surface area (Å²) >= 11 is 0. The van der Waals surface area contributed by atoms with Crippen molar-refractivity contribution in [1.29, 1.82) is 0 Å². The summed E-state index contributed by atoms with van der Waals surface area (Å²) in [4.78, 5) is 5.22. The van der Waals surface area contributed by atoms with Crippen LogP contribution in [0.4, 0.5) is 28.4 Å². The summed E-state index contributed by atoms with van der Waals surface area (Å²) in [7, 11) is 0. The molecule has 0 N–H and O–H groups in total. The Morgan fingerprint density at radius 3 is 1.46 bits per heavy atom. The van der Waals surface area contributed by atoms with Crippen LogP contribution in [0.3, 0.4) is 0 Å². The van der Waals surface area contributed by atoms with Crippen LogP contribution >= 0.6 is 0 Å². The van der Waals surface area contributed by atoms with E-state index in [9.17, 15) is 0 Å². The van der Waals surface area contributed by atoms with Crippen molar-refractivity contribution < 1.29 is 0 Å². The van der Waals surface area contributed by atoms with Gasteiger partial charge in [-0.2, -0.15) is 0 Å². The number of nitrogens with zero attached hydrogens (tertiary/aromatic N) is 4. The number of rotatable bonds is 9. The maximum atomic E-state index is 4.56. The van der Waals surface area contributed by atoms with Gasteiger partial charge in [-0.3, -0.25) is 0 Å². The molecule has 2 atom stereocenters. The molecule has 4 aliphatic rings. The Morgan fingerprint density at radius 1 is 0.437 bits per heavy atom. The third kappa shape index (κ3) is 11.7. The Balaban J connectivity index is 1.13. The van der Waals surface area contributed by atoms with Crippen LogP contribution in [0.5, 0.6) is 0 Å². The van der Waals surface area contributed by atoms with Crippen LogP contribution in [0.25, 0.3) is 61.3 Å². The van der Waals surface area contributed by atoms with Gasteiger partial charge in [-0.15, -0.1) is 6.58 Å². The second-order valence-electron chi connectivity index (χ2n) is 39.3. The van der Waals surface area contributed by atoms with E-state index in [-0.39, 0.29) is 62.0 Å². The summed E-state index contributed by atoms with van der Waals surface area (Å²) in [5.41, 5.74) is 35.5. The van der Waals surface area contributed by atoms with Gasteiger partial charge >= 0.3 is 0 Å². The van der Waals surface area contributed by atoms with Crippen LogP contribution in [0.1, 0.15) is 240 Å². The summed E-state index contributed by atoms with van der Waals surface area (Å²) in [5, 5.41) is 3.81. The van der Waals surface area contributed by atoms with E-state index in [1.807, 2.05) is 0 Å². The molecule has 4 nitrogen and oxygen atoms in total. The molecule has 103 heavy (non-hydrogen) atoms. The highest BCUT2D eigenvalue weighted by Gasteiger charge is 2.46. The standard InChI is InChI=1S/C98H113BN4/c1-26-98(24,25)59(2)100(70-42-35-63(36-43-70)91(3,4)5)83-31-27-29-74-75-30-28-32-84(101(71-44-37-64(38-45-71)92(6,7)8)72-46-39-65(40-47-72)93(9,10)11)90(75)102(89(74)83)73-51-62-50-61-49-60-33-34-66(94(12,13)14)52-76(60)78-54-68(96(18,19)20)56-80(86(61)78)99-81-57-69(97(21,22)23)55-79-77-53-67(95(15,16)17)41-48-82(77)103(88(79)81)85(58-73)87(62)99/h26-40,42-47,51-59,61H,1,41,48-50H2,2-25H3. The Hall–Kier alpha value is -8.54. The zero-order valence-corrected chi connectivity index (χ0v) is 66.8. The van der Waals surface area contributed by atoms with E-state index in [4.69, 9.17) is 0 Å². The molecule has 0 fully saturated rings. The van der Waals surface area contributed by atoms with Crippen LogP contribution in [-0.4, -0.2) is 21.9 Å². The lowest BCUT2D eigenvalue weighted by molar-refractivity contribution is 0.390. The molecule has 0 radical (unpaired) electrons. The molecule has 0 bridgehead atoms. The van der Waals surface area contributed by atoms with Gasteiger partial charge in [0.15, 0.2) is 0 Å². The fraction of sp³-hybridized carbons (Fsp3) is 0.388. The van der Waals surface area contributed by atoms with Crippen molar-refractivity contribution in [3.8, 4) is 22.5 Å². The fourth-order valence-corrected chi connectivity index (χ4v) is 17.8. The topological polar surface area (TPSA) is 16.3 Å². The van der Waals surface area contributed by atoms with Crippen molar-refractivity contribution >= 4 is 90.3 Å². The largest absolute Gasteiger partial charge is 0.336 e. The van der Waals surface area contributed by atoms with Gasteiger partial charge < -0.3 is 18.9 Å². The van der Waals surface area contributed by atoms with Crippen LogP contribution in [0.15, 0.2) is 182 Å². The van der Waals surface area contributed by atoms with Gasteiger partial charge in [0.1, 0.15) is 0 Å². The SMILES string of the molecule is C=CC(C)(C)C(C)N(c1ccc(C(C)(C)C)cc1)c1cccc2c3cccc(N(c4ccc(C(C)(C)C)cc4)c4ccc(C(C)(C)C)cc4)c3n(-c3cc4c5c(c3)-n3c6c(c7cc(C(C)(C)C)cc(c73)B5c3cc(C(C)(C)C)cc5c3C(Cc3ccc(C(C)(C)C)cc3-5)C4)C=C(C(C)(C)C)CC6)c12. The van der Waals surface area contributed by atoms with E-state index in [0.717, 1.165) is 54.1 Å². The predicted molar refractivity (Wildman–Crippen MR) is 449 cm³/mol. The van der Waals surface area contributed by atoms with E-state index in [1.54, 1.807) is 5.56 Å². The van der Waals surface area contributed by atoms with Crippen molar-refractivity contribution in [1.82, 2.24) is 9.13 Å². The predicted octanol–water partition coefficient (Wildman–Crippen LogP) is 24.8. The summed E-state index contributed by atoms with van der Waals surface area (Å²) in [6, 6.07) is 66.3. The lowest BCUT2D eigenvalue weighted by Crippen LogP contribution is -2.58.